The summed E-state index contributed by atoms with van der Waals surface area (Å²) in [4.78, 5) is 3.22. The number of ether oxygens (including phenoxy) is 1. The molecule has 0 amide bonds. The van der Waals surface area contributed by atoms with Crippen LogP contribution in [0, 0.1) is 0 Å². The van der Waals surface area contributed by atoms with Gasteiger partial charge >= 0.3 is 11.3 Å². The van der Waals surface area contributed by atoms with Crippen molar-refractivity contribution in [1.29, 1.82) is 0 Å². The van der Waals surface area contributed by atoms with Gasteiger partial charge in [0.2, 0.25) is 0 Å². The van der Waals surface area contributed by atoms with Crippen LogP contribution >= 0.6 is 11.3 Å². The number of thiazole rings is 1. The lowest BCUT2D eigenvalue weighted by molar-refractivity contribution is -0.368. The van der Waals surface area contributed by atoms with Crippen molar-refractivity contribution in [2.45, 2.75) is 18.5 Å². The van der Waals surface area contributed by atoms with Crippen molar-refractivity contribution >= 4 is 16.5 Å². The predicted molar refractivity (Wildman–Crippen MR) is 121 cm³/mol. The Morgan fingerprint density at radius 3 is 2.25 bits per heavy atom. The molecule has 0 radical (unpaired) electrons. The summed E-state index contributed by atoms with van der Waals surface area (Å²) in [5.74, 6) is 0.789. The van der Waals surface area contributed by atoms with E-state index in [1.807, 2.05) is 41.8 Å². The number of H-pyrrole nitrogens is 1. The molecule has 3 nitrogen and oxygen atoms in total. The molecule has 0 saturated carbocycles. The van der Waals surface area contributed by atoms with Gasteiger partial charge in [0.25, 0.3) is 0 Å². The van der Waals surface area contributed by atoms with Crippen LogP contribution in [0.4, 0.5) is 18.3 Å². The smallest absolute Gasteiger partial charge is 0.417 e. The monoisotopic (exact) mass is 455 g/mol. The number of alkyl halides is 3. The quantitative estimate of drug-likeness (QED) is 0.376. The number of nitrogens with two attached hydrogens (primary N) is 1. The number of nitrogen functional groups attached to an aromatic ring is 1. The molecule has 3 N–H and O–H groups in total. The van der Waals surface area contributed by atoms with Gasteiger partial charge in [0.05, 0.1) is 18.6 Å². The van der Waals surface area contributed by atoms with E-state index in [2.05, 4.69) is 4.98 Å². The lowest BCUT2D eigenvalue weighted by Crippen LogP contribution is -2.17. The van der Waals surface area contributed by atoms with Gasteiger partial charge in [-0.3, -0.25) is 5.73 Å². The first-order chi connectivity index (χ1) is 15.3. The standard InChI is InChI=1S/C25H21F3N2OS/c1-31-19-12-10-18(11-13-19)21(23-15-32-24(29)30-23)14-16-6-8-17(9-7-16)20-4-2-3-5-22(20)25(26,27)28/h2-13,15,21H,14H2,1H3,(H2,29,30)/p+1/t21-/m0/s1. The molecule has 7 heteroatoms. The Morgan fingerprint density at radius 2 is 1.66 bits per heavy atom. The van der Waals surface area contributed by atoms with E-state index in [9.17, 15) is 13.2 Å². The minimum absolute atomic E-state index is 0.0165. The summed E-state index contributed by atoms with van der Waals surface area (Å²) in [5.41, 5.74) is 9.09. The number of anilines is 1. The number of hydrogen-bond donors (Lipinski definition) is 1. The summed E-state index contributed by atoms with van der Waals surface area (Å²) in [6, 6.07) is 20.7. The van der Waals surface area contributed by atoms with Crippen molar-refractivity contribution < 1.29 is 22.9 Å². The highest BCUT2D eigenvalue weighted by Gasteiger charge is 2.33. The molecular formula is C25H22F3N2OS+. The molecule has 0 bridgehead atoms. The maximum absolute atomic E-state index is 13.4. The van der Waals surface area contributed by atoms with Crippen molar-refractivity contribution in [3.63, 3.8) is 0 Å². The van der Waals surface area contributed by atoms with Crippen molar-refractivity contribution in [2.24, 2.45) is 0 Å². The number of halogens is 3. The van der Waals surface area contributed by atoms with Crippen LogP contribution in [0.1, 0.15) is 28.3 Å². The highest BCUT2D eigenvalue weighted by atomic mass is 32.1. The van der Waals surface area contributed by atoms with Gasteiger partial charge in [0.1, 0.15) is 11.4 Å². The molecule has 164 valence electrons. The summed E-state index contributed by atoms with van der Waals surface area (Å²) in [7, 11) is 1.62. The van der Waals surface area contributed by atoms with E-state index >= 15 is 0 Å². The summed E-state index contributed by atoms with van der Waals surface area (Å²) < 4.78 is 45.4. The minimum Gasteiger partial charge on any atom is -0.497 e. The van der Waals surface area contributed by atoms with Gasteiger partial charge < -0.3 is 4.74 Å². The van der Waals surface area contributed by atoms with Gasteiger partial charge in [0.15, 0.2) is 0 Å². The van der Waals surface area contributed by atoms with E-state index in [0.717, 1.165) is 28.6 Å². The average molecular weight is 456 g/mol. The fourth-order valence-corrected chi connectivity index (χ4v) is 4.43. The molecule has 0 unspecified atom stereocenters. The van der Waals surface area contributed by atoms with Crippen LogP contribution < -0.4 is 15.5 Å². The predicted octanol–water partition coefficient (Wildman–Crippen LogP) is 6.21. The highest BCUT2D eigenvalue weighted by molar-refractivity contribution is 7.13. The number of aromatic amines is 1. The first-order valence-electron chi connectivity index (χ1n) is 10.0. The van der Waals surface area contributed by atoms with E-state index in [1.54, 1.807) is 25.3 Å². The Bertz CT molecular complexity index is 1190. The molecular weight excluding hydrogens is 433 g/mol. The minimum atomic E-state index is -4.40. The zero-order valence-corrected chi connectivity index (χ0v) is 18.1. The molecule has 1 atom stereocenters. The van der Waals surface area contributed by atoms with Crippen LogP contribution in [-0.4, -0.2) is 7.11 Å². The maximum Gasteiger partial charge on any atom is 0.417 e. The number of nitrogens with one attached hydrogen (secondary N) is 1. The molecule has 0 saturated heterocycles. The molecule has 0 aliphatic carbocycles. The fourth-order valence-electron chi connectivity index (χ4n) is 3.78. The van der Waals surface area contributed by atoms with Crippen LogP contribution in [0.2, 0.25) is 0 Å². The number of hydrogen-bond acceptors (Lipinski definition) is 3. The van der Waals surface area contributed by atoms with Gasteiger partial charge in [-0.05, 0) is 46.9 Å². The third-order valence-electron chi connectivity index (χ3n) is 5.41. The number of rotatable bonds is 6. The van der Waals surface area contributed by atoms with Gasteiger partial charge in [-0.2, -0.15) is 13.2 Å². The lowest BCUT2D eigenvalue weighted by Gasteiger charge is -2.16. The fraction of sp³-hybridized carbons (Fsp3) is 0.160. The topological polar surface area (TPSA) is 49.4 Å². The van der Waals surface area contributed by atoms with Crippen molar-refractivity contribution in [3.8, 4) is 16.9 Å². The van der Waals surface area contributed by atoms with Gasteiger partial charge in [-0.15, -0.1) is 0 Å². The zero-order chi connectivity index (χ0) is 22.7. The largest absolute Gasteiger partial charge is 0.497 e. The summed E-state index contributed by atoms with van der Waals surface area (Å²) in [6.07, 6.45) is -3.73. The molecule has 1 heterocycles. The van der Waals surface area contributed by atoms with Gasteiger partial charge in [-0.25, -0.2) is 4.98 Å². The summed E-state index contributed by atoms with van der Waals surface area (Å²) in [6.45, 7) is 0. The molecule has 32 heavy (non-hydrogen) atoms. The second kappa shape index (κ2) is 9.04. The van der Waals surface area contributed by atoms with E-state index in [1.165, 1.54) is 23.5 Å². The second-order valence-electron chi connectivity index (χ2n) is 7.45. The number of methoxy groups -OCH3 is 1. The van der Waals surface area contributed by atoms with E-state index in [4.69, 9.17) is 10.5 Å². The Balaban J connectivity index is 1.64. The SMILES string of the molecule is COc1ccc([C@H](Cc2ccc(-c3ccccc3C(F)(F)F)cc2)c2csc(N)[nH+]2)cc1. The van der Waals surface area contributed by atoms with Crippen LogP contribution in [0.3, 0.4) is 0 Å². The molecule has 4 aromatic rings. The third-order valence-corrected chi connectivity index (χ3v) is 6.14. The molecule has 0 aliphatic rings. The van der Waals surface area contributed by atoms with Gasteiger partial charge in [-0.1, -0.05) is 65.9 Å². The zero-order valence-electron chi connectivity index (χ0n) is 17.3. The van der Waals surface area contributed by atoms with Crippen molar-refractivity contribution in [3.05, 3.63) is 101 Å². The molecule has 0 aliphatic heterocycles. The Morgan fingerprint density at radius 1 is 0.969 bits per heavy atom. The highest BCUT2D eigenvalue weighted by Crippen LogP contribution is 2.37. The normalized spacial score (nSPS) is 12.5. The Hall–Kier alpha value is -3.32. The van der Waals surface area contributed by atoms with Crippen molar-refractivity contribution in [2.75, 3.05) is 12.8 Å². The second-order valence-corrected chi connectivity index (χ2v) is 8.36. The third kappa shape index (κ3) is 4.78. The molecule has 0 fully saturated rings. The molecule has 4 rings (SSSR count). The number of aromatic nitrogens is 1. The Kier molecular flexibility index (Phi) is 6.19. The van der Waals surface area contributed by atoms with Crippen LogP contribution in [-0.2, 0) is 12.6 Å². The van der Waals surface area contributed by atoms with E-state index in [0.29, 0.717) is 17.1 Å². The van der Waals surface area contributed by atoms with Crippen LogP contribution in [0.15, 0.2) is 78.2 Å². The van der Waals surface area contributed by atoms with E-state index < -0.39 is 11.7 Å². The molecule has 1 aromatic heterocycles. The van der Waals surface area contributed by atoms with Crippen LogP contribution in [0.5, 0.6) is 5.75 Å². The van der Waals surface area contributed by atoms with E-state index in [-0.39, 0.29) is 11.5 Å². The molecule has 0 spiro atoms. The Labute approximate surface area is 188 Å². The maximum atomic E-state index is 13.4. The van der Waals surface area contributed by atoms with Crippen molar-refractivity contribution in [1.82, 2.24) is 0 Å². The average Bonchev–Trinajstić information content (AvgIpc) is 3.23. The summed E-state index contributed by atoms with van der Waals surface area (Å²) in [5, 5.41) is 2.62. The number of benzene rings is 3. The summed E-state index contributed by atoms with van der Waals surface area (Å²) >= 11 is 1.44. The van der Waals surface area contributed by atoms with Crippen LogP contribution in [0.25, 0.3) is 11.1 Å². The first kappa shape index (κ1) is 21.9. The lowest BCUT2D eigenvalue weighted by atomic mass is 9.89. The molecule has 3 aromatic carbocycles. The first-order valence-corrected chi connectivity index (χ1v) is 10.9. The van der Waals surface area contributed by atoms with Gasteiger partial charge in [0, 0.05) is 5.38 Å².